The zero-order chi connectivity index (χ0) is 13.2. The molecule has 0 spiro atoms. The average molecular weight is 256 g/mol. The number of hydrogen-bond donors (Lipinski definition) is 1. The largest absolute Gasteiger partial charge is 0.478 e. The van der Waals surface area contributed by atoms with Crippen LogP contribution >= 0.6 is 11.8 Å². The summed E-state index contributed by atoms with van der Waals surface area (Å²) in [5.74, 6) is -1.23. The molecular formula is C10H12N2O4S. The maximum Gasteiger partial charge on any atom is 0.337 e. The Morgan fingerprint density at radius 2 is 2.12 bits per heavy atom. The van der Waals surface area contributed by atoms with Gasteiger partial charge in [0.2, 0.25) is 0 Å². The van der Waals surface area contributed by atoms with Gasteiger partial charge >= 0.3 is 11.7 Å². The minimum absolute atomic E-state index is 0.185. The molecule has 17 heavy (non-hydrogen) atoms. The van der Waals surface area contributed by atoms with Crippen LogP contribution in [-0.2, 0) is 0 Å². The Balaban J connectivity index is 3.23. The lowest BCUT2D eigenvalue weighted by atomic mass is 10.2. The molecule has 0 aliphatic carbocycles. The van der Waals surface area contributed by atoms with Crippen molar-refractivity contribution in [2.24, 2.45) is 0 Å². The first kappa shape index (κ1) is 13.4. The number of carboxylic acids is 1. The maximum atomic E-state index is 10.8. The lowest BCUT2D eigenvalue weighted by Gasteiger charge is -2.16. The van der Waals surface area contributed by atoms with Crippen LogP contribution in [0.15, 0.2) is 17.3 Å². The fourth-order valence-corrected chi connectivity index (χ4v) is 1.98. The predicted octanol–water partition coefficient (Wildman–Crippen LogP) is 2.58. The van der Waals surface area contributed by atoms with Gasteiger partial charge in [0.25, 0.3) is 0 Å². The predicted molar refractivity (Wildman–Crippen MR) is 63.5 cm³/mol. The Kier molecular flexibility index (Phi) is 3.72. The normalized spacial score (nSPS) is 11.2. The number of carboxylic acid groups (broad SMARTS) is 1. The molecule has 1 rings (SSSR count). The van der Waals surface area contributed by atoms with Crippen LogP contribution in [0.5, 0.6) is 0 Å². The van der Waals surface area contributed by atoms with Gasteiger partial charge in [0.1, 0.15) is 0 Å². The fraction of sp³-hybridized carbons (Fsp3) is 0.400. The van der Waals surface area contributed by atoms with Crippen molar-refractivity contribution in [3.8, 4) is 0 Å². The summed E-state index contributed by atoms with van der Waals surface area (Å²) in [5, 5.41) is 19.8. The van der Waals surface area contributed by atoms with Gasteiger partial charge in [-0.3, -0.25) is 10.1 Å². The highest BCUT2D eigenvalue weighted by molar-refractivity contribution is 8.00. The number of thioether (sulfide) groups is 1. The van der Waals surface area contributed by atoms with Crippen molar-refractivity contribution in [1.29, 1.82) is 0 Å². The van der Waals surface area contributed by atoms with Gasteiger partial charge in [-0.1, -0.05) is 32.5 Å². The Hall–Kier alpha value is -1.63. The first-order valence-electron chi connectivity index (χ1n) is 4.77. The number of nitro groups is 1. The molecule has 0 fully saturated rings. The molecule has 0 unspecified atom stereocenters. The SMILES string of the molecule is CC(C)(C)Sc1ncc(C(=O)O)cc1[N+](=O)[O-]. The standard InChI is InChI=1S/C10H12N2O4S/c1-10(2,3)17-8-7(12(15)16)4-6(5-11-8)9(13)14/h4-5H,1-3H3,(H,13,14). The molecule has 0 bridgehead atoms. The van der Waals surface area contributed by atoms with E-state index in [1.165, 1.54) is 11.8 Å². The van der Waals surface area contributed by atoms with Crippen molar-refractivity contribution in [3.05, 3.63) is 27.9 Å². The number of hydrogen-bond acceptors (Lipinski definition) is 5. The molecule has 6 nitrogen and oxygen atoms in total. The van der Waals surface area contributed by atoms with Crippen LogP contribution in [0.3, 0.4) is 0 Å². The van der Waals surface area contributed by atoms with Crippen LogP contribution < -0.4 is 0 Å². The van der Waals surface area contributed by atoms with Crippen molar-refractivity contribution in [3.63, 3.8) is 0 Å². The van der Waals surface area contributed by atoms with E-state index < -0.39 is 10.9 Å². The van der Waals surface area contributed by atoms with Gasteiger partial charge in [-0.25, -0.2) is 9.78 Å². The van der Waals surface area contributed by atoms with Crippen molar-refractivity contribution in [2.75, 3.05) is 0 Å². The van der Waals surface area contributed by atoms with E-state index in [0.29, 0.717) is 0 Å². The molecule has 0 amide bonds. The van der Waals surface area contributed by atoms with E-state index in [2.05, 4.69) is 4.98 Å². The summed E-state index contributed by atoms with van der Waals surface area (Å²) in [5.41, 5.74) is -0.459. The van der Waals surface area contributed by atoms with E-state index in [1.54, 1.807) is 0 Å². The number of pyridine rings is 1. The van der Waals surface area contributed by atoms with E-state index in [0.717, 1.165) is 12.3 Å². The van der Waals surface area contributed by atoms with Crippen LogP contribution in [0.2, 0.25) is 0 Å². The van der Waals surface area contributed by atoms with E-state index >= 15 is 0 Å². The highest BCUT2D eigenvalue weighted by Crippen LogP contribution is 2.36. The zero-order valence-corrected chi connectivity index (χ0v) is 10.4. The molecule has 0 aliphatic heterocycles. The zero-order valence-electron chi connectivity index (χ0n) is 9.63. The second kappa shape index (κ2) is 4.70. The van der Waals surface area contributed by atoms with Crippen molar-refractivity contribution in [2.45, 2.75) is 30.5 Å². The Morgan fingerprint density at radius 3 is 2.53 bits per heavy atom. The van der Waals surface area contributed by atoms with E-state index in [9.17, 15) is 14.9 Å². The molecule has 7 heteroatoms. The third-order valence-electron chi connectivity index (χ3n) is 1.68. The van der Waals surface area contributed by atoms with Crippen LogP contribution in [0.4, 0.5) is 5.69 Å². The van der Waals surface area contributed by atoms with Crippen LogP contribution in [0.1, 0.15) is 31.1 Å². The molecule has 0 aromatic carbocycles. The van der Waals surface area contributed by atoms with Crippen LogP contribution in [0.25, 0.3) is 0 Å². The van der Waals surface area contributed by atoms with Gasteiger partial charge in [-0.2, -0.15) is 0 Å². The Bertz CT molecular complexity index is 468. The number of aromatic nitrogens is 1. The average Bonchev–Trinajstić information content (AvgIpc) is 2.14. The molecule has 1 aromatic rings. The summed E-state index contributed by atoms with van der Waals surface area (Å²) < 4.78 is -0.234. The summed E-state index contributed by atoms with van der Waals surface area (Å²) in [6, 6.07) is 1.03. The van der Waals surface area contributed by atoms with E-state index in [1.807, 2.05) is 20.8 Å². The molecule has 0 aliphatic rings. The Labute approximate surface area is 102 Å². The second-order valence-corrected chi connectivity index (χ2v) is 6.14. The number of nitrogens with zero attached hydrogens (tertiary/aromatic N) is 2. The van der Waals surface area contributed by atoms with Crippen LogP contribution in [-0.4, -0.2) is 25.7 Å². The van der Waals surface area contributed by atoms with Gasteiger partial charge in [0, 0.05) is 17.0 Å². The molecule has 1 N–H and O–H groups in total. The molecule has 0 saturated heterocycles. The summed E-state index contributed by atoms with van der Waals surface area (Å²) >= 11 is 1.23. The van der Waals surface area contributed by atoms with Crippen molar-refractivity contribution < 1.29 is 14.8 Å². The molecular weight excluding hydrogens is 244 g/mol. The third-order valence-corrected chi connectivity index (χ3v) is 2.80. The van der Waals surface area contributed by atoms with Crippen LogP contribution in [0, 0.1) is 10.1 Å². The van der Waals surface area contributed by atoms with Gasteiger partial charge < -0.3 is 5.11 Å². The topological polar surface area (TPSA) is 93.3 Å². The molecule has 1 heterocycles. The third kappa shape index (κ3) is 3.70. The summed E-state index contributed by atoms with van der Waals surface area (Å²) in [7, 11) is 0. The lowest BCUT2D eigenvalue weighted by Crippen LogP contribution is -2.09. The van der Waals surface area contributed by atoms with Gasteiger partial charge in [-0.05, 0) is 0 Å². The minimum Gasteiger partial charge on any atom is -0.478 e. The summed E-state index contributed by atoms with van der Waals surface area (Å²) in [4.78, 5) is 24.8. The number of rotatable bonds is 3. The highest BCUT2D eigenvalue weighted by Gasteiger charge is 2.23. The summed E-state index contributed by atoms with van der Waals surface area (Å²) in [6.07, 6.45) is 1.13. The number of carbonyl (C=O) groups is 1. The fourth-order valence-electron chi connectivity index (χ4n) is 1.06. The van der Waals surface area contributed by atoms with E-state index in [4.69, 9.17) is 5.11 Å². The molecule has 0 saturated carbocycles. The molecule has 92 valence electrons. The smallest absolute Gasteiger partial charge is 0.337 e. The van der Waals surface area contributed by atoms with Gasteiger partial charge in [0.15, 0.2) is 5.03 Å². The van der Waals surface area contributed by atoms with Crippen molar-refractivity contribution >= 4 is 23.4 Å². The first-order chi connectivity index (χ1) is 7.70. The highest BCUT2D eigenvalue weighted by atomic mass is 32.2. The maximum absolute atomic E-state index is 10.8. The summed E-state index contributed by atoms with van der Waals surface area (Å²) in [6.45, 7) is 5.69. The van der Waals surface area contributed by atoms with E-state index in [-0.39, 0.29) is 21.0 Å². The first-order valence-corrected chi connectivity index (χ1v) is 5.59. The van der Waals surface area contributed by atoms with Gasteiger partial charge in [-0.15, -0.1) is 0 Å². The van der Waals surface area contributed by atoms with Crippen molar-refractivity contribution in [1.82, 2.24) is 4.98 Å². The lowest BCUT2D eigenvalue weighted by molar-refractivity contribution is -0.388. The molecule has 0 atom stereocenters. The minimum atomic E-state index is -1.23. The van der Waals surface area contributed by atoms with Gasteiger partial charge in [0.05, 0.1) is 10.5 Å². The molecule has 1 aromatic heterocycles. The Morgan fingerprint density at radius 1 is 1.53 bits per heavy atom. The number of aromatic carboxylic acids is 1. The molecule has 0 radical (unpaired) electrons. The quantitative estimate of drug-likeness (QED) is 0.507. The monoisotopic (exact) mass is 256 g/mol. The second-order valence-electron chi connectivity index (χ2n) is 4.32.